The molecule has 0 saturated carbocycles. The first-order valence-electron chi connectivity index (χ1n) is 6.59. The highest BCUT2D eigenvalue weighted by Gasteiger charge is 2.10. The second-order valence-corrected chi connectivity index (χ2v) is 4.07. The van der Waals surface area contributed by atoms with Gasteiger partial charge in [0.15, 0.2) is 11.5 Å². The average Bonchev–Trinajstić information content (AvgIpc) is 2.96. The number of carbonyl (C=O) groups is 1. The van der Waals surface area contributed by atoms with Gasteiger partial charge in [-0.3, -0.25) is 4.79 Å². The molecule has 0 aliphatic heterocycles. The molecule has 2 rings (SSSR count). The van der Waals surface area contributed by atoms with Crippen LogP contribution in [0.2, 0.25) is 0 Å². The molecule has 0 atom stereocenters. The topological polar surface area (TPSA) is 63.3 Å². The minimum atomic E-state index is -0.193. The van der Waals surface area contributed by atoms with Crippen molar-refractivity contribution < 1.29 is 14.3 Å². The second-order valence-electron chi connectivity index (χ2n) is 4.07. The summed E-state index contributed by atoms with van der Waals surface area (Å²) in [6.45, 7) is 4.92. The van der Waals surface area contributed by atoms with Crippen LogP contribution in [-0.2, 0) is 0 Å². The summed E-state index contributed by atoms with van der Waals surface area (Å²) in [7, 11) is 0. The molecule has 2 N–H and O–H groups in total. The summed E-state index contributed by atoms with van der Waals surface area (Å²) in [4.78, 5) is 14.8. The molecule has 5 heteroatoms. The minimum absolute atomic E-state index is 0.193. The second kappa shape index (κ2) is 6.65. The van der Waals surface area contributed by atoms with Crippen LogP contribution in [0.3, 0.4) is 0 Å². The number of aromatic nitrogens is 1. The summed E-state index contributed by atoms with van der Waals surface area (Å²) in [6, 6.07) is 8.83. The molecular weight excluding hydrogens is 256 g/mol. The van der Waals surface area contributed by atoms with Gasteiger partial charge in [0.1, 0.15) is 5.69 Å². The maximum Gasteiger partial charge on any atom is 0.272 e. The predicted octanol–water partition coefficient (Wildman–Crippen LogP) is 3.06. The summed E-state index contributed by atoms with van der Waals surface area (Å²) in [5.74, 6) is 1.10. The number of amides is 1. The van der Waals surface area contributed by atoms with Crippen molar-refractivity contribution >= 4 is 11.6 Å². The molecule has 1 aromatic carbocycles. The van der Waals surface area contributed by atoms with E-state index in [1.165, 1.54) is 0 Å². The van der Waals surface area contributed by atoms with Gasteiger partial charge < -0.3 is 19.8 Å². The van der Waals surface area contributed by atoms with Gasteiger partial charge in [-0.25, -0.2) is 0 Å². The SMILES string of the molecule is CCOc1ccc(NC(=O)c2ccc[nH]2)cc1OCC. The first kappa shape index (κ1) is 14.0. The molecule has 0 fully saturated rings. The largest absolute Gasteiger partial charge is 0.490 e. The molecular formula is C15H18N2O3. The quantitative estimate of drug-likeness (QED) is 0.851. The molecule has 0 spiro atoms. The molecule has 106 valence electrons. The van der Waals surface area contributed by atoms with Crippen molar-refractivity contribution in [1.29, 1.82) is 0 Å². The van der Waals surface area contributed by atoms with Crippen molar-refractivity contribution in [3.8, 4) is 11.5 Å². The molecule has 2 aromatic rings. The average molecular weight is 274 g/mol. The van der Waals surface area contributed by atoms with Crippen LogP contribution in [0.25, 0.3) is 0 Å². The summed E-state index contributed by atoms with van der Waals surface area (Å²) < 4.78 is 11.0. The van der Waals surface area contributed by atoms with E-state index in [1.807, 2.05) is 13.8 Å². The van der Waals surface area contributed by atoms with Crippen molar-refractivity contribution in [1.82, 2.24) is 4.98 Å². The first-order chi connectivity index (χ1) is 9.74. The standard InChI is InChI=1S/C15H18N2O3/c1-3-19-13-8-7-11(10-14(13)20-4-2)17-15(18)12-6-5-9-16-12/h5-10,16H,3-4H2,1-2H3,(H,17,18). The van der Waals surface area contributed by atoms with Crippen LogP contribution in [0.4, 0.5) is 5.69 Å². The van der Waals surface area contributed by atoms with E-state index in [0.29, 0.717) is 36.1 Å². The molecule has 0 unspecified atom stereocenters. The van der Waals surface area contributed by atoms with Gasteiger partial charge in [-0.05, 0) is 38.1 Å². The number of benzene rings is 1. The third-order valence-corrected chi connectivity index (χ3v) is 2.64. The number of aromatic amines is 1. The zero-order valence-electron chi connectivity index (χ0n) is 11.6. The van der Waals surface area contributed by atoms with E-state index in [2.05, 4.69) is 10.3 Å². The number of nitrogens with one attached hydrogen (secondary N) is 2. The molecule has 0 radical (unpaired) electrons. The Hall–Kier alpha value is -2.43. The number of carbonyl (C=O) groups excluding carboxylic acids is 1. The van der Waals surface area contributed by atoms with Gasteiger partial charge in [-0.2, -0.15) is 0 Å². The van der Waals surface area contributed by atoms with Gasteiger partial charge in [0, 0.05) is 18.0 Å². The number of hydrogen-bond acceptors (Lipinski definition) is 3. The number of hydrogen-bond donors (Lipinski definition) is 2. The van der Waals surface area contributed by atoms with Gasteiger partial charge in [0.2, 0.25) is 0 Å². The van der Waals surface area contributed by atoms with Crippen molar-refractivity contribution in [3.05, 3.63) is 42.2 Å². The van der Waals surface area contributed by atoms with Crippen LogP contribution in [0.15, 0.2) is 36.5 Å². The third-order valence-electron chi connectivity index (χ3n) is 2.64. The Morgan fingerprint density at radius 1 is 1.15 bits per heavy atom. The summed E-state index contributed by atoms with van der Waals surface area (Å²) in [6.07, 6.45) is 1.71. The number of anilines is 1. The first-order valence-corrected chi connectivity index (χ1v) is 6.59. The van der Waals surface area contributed by atoms with E-state index in [4.69, 9.17) is 9.47 Å². The Morgan fingerprint density at radius 3 is 2.55 bits per heavy atom. The van der Waals surface area contributed by atoms with Crippen LogP contribution in [0, 0.1) is 0 Å². The Bertz CT molecular complexity index is 565. The lowest BCUT2D eigenvalue weighted by molar-refractivity contribution is 0.102. The third kappa shape index (κ3) is 3.32. The maximum absolute atomic E-state index is 11.9. The minimum Gasteiger partial charge on any atom is -0.490 e. The maximum atomic E-state index is 11.9. The summed E-state index contributed by atoms with van der Waals surface area (Å²) >= 11 is 0. The fraction of sp³-hybridized carbons (Fsp3) is 0.267. The Kier molecular flexibility index (Phi) is 4.65. The summed E-state index contributed by atoms with van der Waals surface area (Å²) in [5.41, 5.74) is 1.17. The van der Waals surface area contributed by atoms with Gasteiger partial charge in [0.05, 0.1) is 13.2 Å². The Labute approximate surface area is 117 Å². The van der Waals surface area contributed by atoms with Crippen LogP contribution >= 0.6 is 0 Å². The van der Waals surface area contributed by atoms with Gasteiger partial charge >= 0.3 is 0 Å². The zero-order valence-corrected chi connectivity index (χ0v) is 11.6. The van der Waals surface area contributed by atoms with E-state index in [9.17, 15) is 4.79 Å². The van der Waals surface area contributed by atoms with E-state index in [0.717, 1.165) is 0 Å². The molecule has 5 nitrogen and oxygen atoms in total. The molecule has 0 aliphatic rings. The zero-order chi connectivity index (χ0) is 14.4. The highest BCUT2D eigenvalue weighted by atomic mass is 16.5. The van der Waals surface area contributed by atoms with E-state index in [1.54, 1.807) is 36.5 Å². The normalized spacial score (nSPS) is 10.1. The molecule has 1 heterocycles. The van der Waals surface area contributed by atoms with Crippen LogP contribution in [0.5, 0.6) is 11.5 Å². The van der Waals surface area contributed by atoms with Crippen molar-refractivity contribution in [2.24, 2.45) is 0 Å². The Balaban J connectivity index is 2.16. The Morgan fingerprint density at radius 2 is 1.90 bits per heavy atom. The van der Waals surface area contributed by atoms with Crippen LogP contribution in [0.1, 0.15) is 24.3 Å². The summed E-state index contributed by atoms with van der Waals surface area (Å²) in [5, 5.41) is 2.81. The van der Waals surface area contributed by atoms with Crippen molar-refractivity contribution in [2.45, 2.75) is 13.8 Å². The highest BCUT2D eigenvalue weighted by molar-refractivity contribution is 6.03. The lowest BCUT2D eigenvalue weighted by Gasteiger charge is -2.12. The molecule has 1 amide bonds. The lowest BCUT2D eigenvalue weighted by atomic mass is 10.2. The van der Waals surface area contributed by atoms with Crippen LogP contribution < -0.4 is 14.8 Å². The lowest BCUT2D eigenvalue weighted by Crippen LogP contribution is -2.12. The van der Waals surface area contributed by atoms with E-state index >= 15 is 0 Å². The van der Waals surface area contributed by atoms with Gasteiger partial charge in [-0.15, -0.1) is 0 Å². The van der Waals surface area contributed by atoms with E-state index in [-0.39, 0.29) is 5.91 Å². The van der Waals surface area contributed by atoms with Crippen molar-refractivity contribution in [3.63, 3.8) is 0 Å². The van der Waals surface area contributed by atoms with Gasteiger partial charge in [-0.1, -0.05) is 0 Å². The number of ether oxygens (including phenoxy) is 2. The number of H-pyrrole nitrogens is 1. The molecule has 0 aliphatic carbocycles. The predicted molar refractivity (Wildman–Crippen MR) is 77.5 cm³/mol. The highest BCUT2D eigenvalue weighted by Crippen LogP contribution is 2.30. The fourth-order valence-electron chi connectivity index (χ4n) is 1.80. The monoisotopic (exact) mass is 274 g/mol. The molecule has 1 aromatic heterocycles. The fourth-order valence-corrected chi connectivity index (χ4v) is 1.80. The molecule has 20 heavy (non-hydrogen) atoms. The number of rotatable bonds is 6. The smallest absolute Gasteiger partial charge is 0.272 e. The van der Waals surface area contributed by atoms with Crippen LogP contribution in [-0.4, -0.2) is 24.1 Å². The van der Waals surface area contributed by atoms with Gasteiger partial charge in [0.25, 0.3) is 5.91 Å². The molecule has 0 bridgehead atoms. The molecule has 0 saturated heterocycles. The van der Waals surface area contributed by atoms with Crippen molar-refractivity contribution in [2.75, 3.05) is 18.5 Å². The van der Waals surface area contributed by atoms with E-state index < -0.39 is 0 Å².